The molecule has 3 aromatic rings. The molecule has 1 fully saturated rings. The van der Waals surface area contributed by atoms with Crippen molar-refractivity contribution in [1.29, 1.82) is 0 Å². The van der Waals surface area contributed by atoms with E-state index in [9.17, 15) is 0 Å². The molecule has 0 spiro atoms. The summed E-state index contributed by atoms with van der Waals surface area (Å²) >= 11 is 6.01. The Kier molecular flexibility index (Phi) is 5.86. The monoisotopic (exact) mass is 376 g/mol. The van der Waals surface area contributed by atoms with Crippen LogP contribution in [0.5, 0.6) is 0 Å². The number of benzene rings is 2. The Morgan fingerprint density at radius 3 is 2.37 bits per heavy atom. The van der Waals surface area contributed by atoms with Gasteiger partial charge in [-0.15, -0.1) is 0 Å². The Labute approximate surface area is 166 Å². The number of hydrogen-bond acceptors (Lipinski definition) is 2. The average molecular weight is 377 g/mol. The van der Waals surface area contributed by atoms with E-state index >= 15 is 0 Å². The number of nitrogens with zero attached hydrogens (tertiary/aromatic N) is 2. The summed E-state index contributed by atoms with van der Waals surface area (Å²) in [5.41, 5.74) is 5.18. The highest BCUT2D eigenvalue weighted by Crippen LogP contribution is 2.29. The van der Waals surface area contributed by atoms with Crippen LogP contribution in [0, 0.1) is 0 Å². The summed E-state index contributed by atoms with van der Waals surface area (Å²) in [6.07, 6.45) is 7.47. The van der Waals surface area contributed by atoms with Crippen molar-refractivity contribution in [1.82, 2.24) is 9.88 Å². The van der Waals surface area contributed by atoms with Crippen LogP contribution in [0.4, 0.5) is 0 Å². The van der Waals surface area contributed by atoms with Gasteiger partial charge in [0.25, 0.3) is 0 Å². The maximum absolute atomic E-state index is 6.01. The van der Waals surface area contributed by atoms with E-state index in [4.69, 9.17) is 11.6 Å². The normalized spacial score (nSPS) is 15.7. The second-order valence-electron chi connectivity index (χ2n) is 7.37. The molecule has 2 aromatic carbocycles. The molecule has 1 aliphatic heterocycles. The van der Waals surface area contributed by atoms with E-state index < -0.39 is 0 Å². The minimum absolute atomic E-state index is 0.668. The summed E-state index contributed by atoms with van der Waals surface area (Å²) in [5.74, 6) is 0.668. The van der Waals surface area contributed by atoms with Crippen molar-refractivity contribution in [2.45, 2.75) is 25.2 Å². The van der Waals surface area contributed by atoms with Gasteiger partial charge in [0.1, 0.15) is 0 Å². The first kappa shape index (κ1) is 18.2. The van der Waals surface area contributed by atoms with E-state index in [-0.39, 0.29) is 0 Å². The molecule has 2 heterocycles. The lowest BCUT2D eigenvalue weighted by Crippen LogP contribution is -2.34. The van der Waals surface area contributed by atoms with Crippen molar-refractivity contribution in [2.75, 3.05) is 19.6 Å². The highest BCUT2D eigenvalue weighted by atomic mass is 35.5. The molecule has 27 heavy (non-hydrogen) atoms. The molecule has 1 saturated heterocycles. The van der Waals surface area contributed by atoms with Gasteiger partial charge in [0.15, 0.2) is 0 Å². The van der Waals surface area contributed by atoms with Gasteiger partial charge in [-0.05, 0) is 73.2 Å². The molecule has 0 aliphatic carbocycles. The van der Waals surface area contributed by atoms with Crippen LogP contribution < -0.4 is 0 Å². The van der Waals surface area contributed by atoms with E-state index in [1.165, 1.54) is 48.2 Å². The minimum atomic E-state index is 0.668. The molecule has 1 aliphatic rings. The van der Waals surface area contributed by atoms with Crippen LogP contribution in [0.1, 0.15) is 29.9 Å². The Morgan fingerprint density at radius 2 is 1.63 bits per heavy atom. The average Bonchev–Trinajstić information content (AvgIpc) is 2.74. The first-order chi connectivity index (χ1) is 13.3. The summed E-state index contributed by atoms with van der Waals surface area (Å²) < 4.78 is 0. The molecule has 0 saturated carbocycles. The van der Waals surface area contributed by atoms with Gasteiger partial charge in [-0.2, -0.15) is 0 Å². The van der Waals surface area contributed by atoms with E-state index in [1.807, 2.05) is 24.5 Å². The fraction of sp³-hybridized carbons (Fsp3) is 0.292. The van der Waals surface area contributed by atoms with Crippen LogP contribution in [0.25, 0.3) is 11.1 Å². The van der Waals surface area contributed by atoms with Gasteiger partial charge in [-0.3, -0.25) is 4.98 Å². The smallest absolute Gasteiger partial charge is 0.0406 e. The van der Waals surface area contributed by atoms with Crippen molar-refractivity contribution in [3.05, 3.63) is 89.2 Å². The third-order valence-corrected chi connectivity index (χ3v) is 5.80. The molecule has 0 radical (unpaired) electrons. The van der Waals surface area contributed by atoms with Gasteiger partial charge in [-0.25, -0.2) is 0 Å². The fourth-order valence-corrected chi connectivity index (χ4v) is 4.05. The third-order valence-electron chi connectivity index (χ3n) is 5.55. The van der Waals surface area contributed by atoms with Gasteiger partial charge in [0, 0.05) is 29.5 Å². The second-order valence-corrected chi connectivity index (χ2v) is 7.80. The maximum Gasteiger partial charge on any atom is 0.0406 e. The first-order valence-corrected chi connectivity index (χ1v) is 10.1. The molecule has 0 bridgehead atoms. The number of hydrogen-bond donors (Lipinski definition) is 0. The lowest BCUT2D eigenvalue weighted by Gasteiger charge is -2.32. The van der Waals surface area contributed by atoms with Crippen molar-refractivity contribution < 1.29 is 0 Å². The summed E-state index contributed by atoms with van der Waals surface area (Å²) in [5, 5.41) is 0.822. The van der Waals surface area contributed by atoms with E-state index in [2.05, 4.69) is 58.4 Å². The maximum atomic E-state index is 6.01. The number of rotatable bonds is 5. The van der Waals surface area contributed by atoms with Gasteiger partial charge >= 0.3 is 0 Å². The van der Waals surface area contributed by atoms with Crippen molar-refractivity contribution in [2.24, 2.45) is 0 Å². The molecule has 1 aromatic heterocycles. The van der Waals surface area contributed by atoms with Crippen LogP contribution in [-0.2, 0) is 6.42 Å². The molecule has 2 nitrogen and oxygen atoms in total. The van der Waals surface area contributed by atoms with Crippen molar-refractivity contribution >= 4 is 11.6 Å². The van der Waals surface area contributed by atoms with Crippen LogP contribution in [-0.4, -0.2) is 29.5 Å². The largest absolute Gasteiger partial charge is 0.303 e. The van der Waals surface area contributed by atoms with E-state index in [0.717, 1.165) is 18.0 Å². The Hall–Kier alpha value is -2.16. The summed E-state index contributed by atoms with van der Waals surface area (Å²) in [6, 6.07) is 21.2. The van der Waals surface area contributed by atoms with Crippen LogP contribution >= 0.6 is 11.6 Å². The van der Waals surface area contributed by atoms with E-state index in [0.29, 0.717) is 5.92 Å². The highest BCUT2D eigenvalue weighted by Gasteiger charge is 2.20. The standard InChI is InChI=1S/C24H25ClN2/c25-24-8-6-21(7-9-24)22-11-14-27(15-12-22)13-10-19-16-23(18-26-17-19)20-4-2-1-3-5-20/h1-9,16-18,22H,10-15H2. The topological polar surface area (TPSA) is 16.1 Å². The third kappa shape index (κ3) is 4.77. The molecule has 4 rings (SSSR count). The molecule has 0 unspecified atom stereocenters. The summed E-state index contributed by atoms with van der Waals surface area (Å²) in [6.45, 7) is 3.44. The number of likely N-dealkylation sites (tertiary alicyclic amines) is 1. The van der Waals surface area contributed by atoms with Gasteiger partial charge in [-0.1, -0.05) is 54.1 Å². The number of pyridine rings is 1. The van der Waals surface area contributed by atoms with Gasteiger partial charge < -0.3 is 4.90 Å². The van der Waals surface area contributed by atoms with Crippen LogP contribution in [0.15, 0.2) is 73.1 Å². The molecule has 138 valence electrons. The van der Waals surface area contributed by atoms with Gasteiger partial charge in [0.2, 0.25) is 0 Å². The lowest BCUT2D eigenvalue weighted by atomic mass is 9.89. The lowest BCUT2D eigenvalue weighted by molar-refractivity contribution is 0.214. The van der Waals surface area contributed by atoms with E-state index in [1.54, 1.807) is 0 Å². The molecule has 0 atom stereocenters. The summed E-state index contributed by atoms with van der Waals surface area (Å²) in [4.78, 5) is 7.04. The quantitative estimate of drug-likeness (QED) is 0.557. The predicted octanol–water partition coefficient (Wildman–Crippen LogP) is 5.82. The van der Waals surface area contributed by atoms with Crippen LogP contribution in [0.3, 0.4) is 0 Å². The predicted molar refractivity (Wildman–Crippen MR) is 113 cm³/mol. The number of piperidine rings is 1. The molecule has 0 amide bonds. The Bertz CT molecular complexity index is 853. The first-order valence-electron chi connectivity index (χ1n) is 9.75. The van der Waals surface area contributed by atoms with Crippen molar-refractivity contribution in [3.8, 4) is 11.1 Å². The minimum Gasteiger partial charge on any atom is -0.303 e. The SMILES string of the molecule is Clc1ccc(C2CCN(CCc3cncc(-c4ccccc4)c3)CC2)cc1. The zero-order valence-corrected chi connectivity index (χ0v) is 16.3. The molecular formula is C24H25ClN2. The Balaban J connectivity index is 1.31. The highest BCUT2D eigenvalue weighted by molar-refractivity contribution is 6.30. The van der Waals surface area contributed by atoms with Gasteiger partial charge in [0.05, 0.1) is 0 Å². The second kappa shape index (κ2) is 8.69. The number of aromatic nitrogens is 1. The summed E-state index contributed by atoms with van der Waals surface area (Å²) in [7, 11) is 0. The fourth-order valence-electron chi connectivity index (χ4n) is 3.92. The Morgan fingerprint density at radius 1 is 0.889 bits per heavy atom. The zero-order chi connectivity index (χ0) is 18.5. The molecule has 3 heteroatoms. The molecule has 0 N–H and O–H groups in total. The zero-order valence-electron chi connectivity index (χ0n) is 15.5. The molecular weight excluding hydrogens is 352 g/mol. The van der Waals surface area contributed by atoms with Crippen molar-refractivity contribution in [3.63, 3.8) is 0 Å². The number of halogens is 1. The van der Waals surface area contributed by atoms with Crippen LogP contribution in [0.2, 0.25) is 5.02 Å².